The van der Waals surface area contributed by atoms with E-state index in [0.29, 0.717) is 11.8 Å². The predicted molar refractivity (Wildman–Crippen MR) is 92.2 cm³/mol. The van der Waals surface area contributed by atoms with Crippen molar-refractivity contribution in [2.45, 2.75) is 12.5 Å². The molecule has 3 heterocycles. The molecule has 0 bridgehead atoms. The lowest BCUT2D eigenvalue weighted by molar-refractivity contribution is 0.0557. The van der Waals surface area contributed by atoms with Gasteiger partial charge in [0.05, 0.1) is 0 Å². The number of hydrogen-bond donors (Lipinski definition) is 1. The van der Waals surface area contributed by atoms with E-state index in [-0.39, 0.29) is 18.3 Å². The number of nitrogens with one attached hydrogen (secondary N) is 1. The summed E-state index contributed by atoms with van der Waals surface area (Å²) < 4.78 is 5.69. The first kappa shape index (κ1) is 16.3. The molecule has 4 rings (SSSR count). The average molecular weight is 336 g/mol. The standard InChI is InChI=1S/C17H21N3O2.ClH/c21-17(16-11-13-3-1-2-4-15(13)22-16)20-9-7-19(8-10-20)14-5-6-18-12-14;/h1-4,11,14,18H,5-10,12H2;1H. The molecule has 5 nitrogen and oxygen atoms in total. The molecule has 2 aromatic rings. The van der Waals surface area contributed by atoms with Gasteiger partial charge in [0, 0.05) is 44.2 Å². The SMILES string of the molecule is Cl.O=C(c1cc2ccccc2o1)N1CCN(C2CCNC2)CC1. The number of carbonyl (C=O) groups is 1. The van der Waals surface area contributed by atoms with Gasteiger partial charge in [0.2, 0.25) is 0 Å². The maximum absolute atomic E-state index is 12.6. The van der Waals surface area contributed by atoms with Gasteiger partial charge >= 0.3 is 0 Å². The number of rotatable bonds is 2. The molecule has 6 heteroatoms. The number of fused-ring (bicyclic) bond motifs is 1. The Labute approximate surface area is 142 Å². The number of piperazine rings is 1. The number of furan rings is 1. The molecule has 0 radical (unpaired) electrons. The Kier molecular flexibility index (Phi) is 4.90. The molecule has 1 amide bonds. The Hall–Kier alpha value is -1.56. The second-order valence-corrected chi connectivity index (χ2v) is 6.12. The summed E-state index contributed by atoms with van der Waals surface area (Å²) >= 11 is 0. The van der Waals surface area contributed by atoms with Gasteiger partial charge in [-0.15, -0.1) is 12.4 Å². The molecule has 0 spiro atoms. The second-order valence-electron chi connectivity index (χ2n) is 6.12. The van der Waals surface area contributed by atoms with E-state index in [1.165, 1.54) is 6.42 Å². The van der Waals surface area contributed by atoms with E-state index < -0.39 is 0 Å². The monoisotopic (exact) mass is 335 g/mol. The summed E-state index contributed by atoms with van der Waals surface area (Å²) in [5, 5.41) is 4.39. The number of amides is 1. The Morgan fingerprint density at radius 1 is 1.17 bits per heavy atom. The van der Waals surface area contributed by atoms with Crippen molar-refractivity contribution in [3.8, 4) is 0 Å². The lowest BCUT2D eigenvalue weighted by Gasteiger charge is -2.37. The summed E-state index contributed by atoms with van der Waals surface area (Å²) in [7, 11) is 0. The van der Waals surface area contributed by atoms with Gasteiger partial charge in [0.1, 0.15) is 5.58 Å². The van der Waals surface area contributed by atoms with Gasteiger partial charge in [-0.05, 0) is 25.1 Å². The molecule has 0 saturated carbocycles. The van der Waals surface area contributed by atoms with E-state index >= 15 is 0 Å². The first-order valence-corrected chi connectivity index (χ1v) is 8.04. The van der Waals surface area contributed by atoms with Crippen LogP contribution in [0.5, 0.6) is 0 Å². The van der Waals surface area contributed by atoms with Gasteiger partial charge in [0.15, 0.2) is 5.76 Å². The first-order chi connectivity index (χ1) is 10.8. The maximum Gasteiger partial charge on any atom is 0.289 e. The van der Waals surface area contributed by atoms with Crippen LogP contribution in [0.1, 0.15) is 17.0 Å². The molecular formula is C17H22ClN3O2. The molecule has 124 valence electrons. The minimum Gasteiger partial charge on any atom is -0.451 e. The topological polar surface area (TPSA) is 48.7 Å². The molecule has 1 aromatic carbocycles. The highest BCUT2D eigenvalue weighted by Gasteiger charge is 2.29. The van der Waals surface area contributed by atoms with Crippen LogP contribution in [-0.4, -0.2) is 61.0 Å². The van der Waals surface area contributed by atoms with Crippen LogP contribution in [-0.2, 0) is 0 Å². The molecule has 2 fully saturated rings. The third-order valence-corrected chi connectivity index (χ3v) is 4.79. The van der Waals surface area contributed by atoms with E-state index in [2.05, 4.69) is 10.2 Å². The predicted octanol–water partition coefficient (Wildman–Crippen LogP) is 1.97. The van der Waals surface area contributed by atoms with Crippen molar-refractivity contribution in [1.82, 2.24) is 15.1 Å². The van der Waals surface area contributed by atoms with Crippen molar-refractivity contribution in [1.29, 1.82) is 0 Å². The van der Waals surface area contributed by atoms with Crippen LogP contribution < -0.4 is 5.32 Å². The minimum atomic E-state index is 0. The Morgan fingerprint density at radius 3 is 2.65 bits per heavy atom. The molecule has 1 N–H and O–H groups in total. The van der Waals surface area contributed by atoms with Crippen molar-refractivity contribution in [2.24, 2.45) is 0 Å². The second kappa shape index (κ2) is 6.91. The Balaban J connectivity index is 0.00000156. The van der Waals surface area contributed by atoms with Gasteiger partial charge < -0.3 is 14.6 Å². The average Bonchev–Trinajstić information content (AvgIpc) is 3.23. The van der Waals surface area contributed by atoms with Crippen LogP contribution in [0.3, 0.4) is 0 Å². The van der Waals surface area contributed by atoms with Gasteiger partial charge in [-0.2, -0.15) is 0 Å². The number of halogens is 1. The number of hydrogen-bond acceptors (Lipinski definition) is 4. The maximum atomic E-state index is 12.6. The van der Waals surface area contributed by atoms with Crippen LogP contribution in [0.4, 0.5) is 0 Å². The van der Waals surface area contributed by atoms with Crippen LogP contribution in [0.25, 0.3) is 11.0 Å². The highest BCUT2D eigenvalue weighted by Crippen LogP contribution is 2.21. The molecule has 23 heavy (non-hydrogen) atoms. The van der Waals surface area contributed by atoms with Crippen molar-refractivity contribution in [2.75, 3.05) is 39.3 Å². The molecule has 1 aromatic heterocycles. The normalized spacial score (nSPS) is 22.3. The van der Waals surface area contributed by atoms with Crippen molar-refractivity contribution >= 4 is 29.3 Å². The van der Waals surface area contributed by atoms with Crippen LogP contribution in [0.15, 0.2) is 34.7 Å². The highest BCUT2D eigenvalue weighted by molar-refractivity contribution is 5.96. The fourth-order valence-corrected chi connectivity index (χ4v) is 3.48. The molecule has 2 aliphatic rings. The summed E-state index contributed by atoms with van der Waals surface area (Å²) in [6, 6.07) is 10.3. The molecular weight excluding hydrogens is 314 g/mol. The molecule has 2 saturated heterocycles. The van der Waals surface area contributed by atoms with E-state index in [0.717, 1.165) is 50.2 Å². The summed E-state index contributed by atoms with van der Waals surface area (Å²) in [6.45, 7) is 5.68. The summed E-state index contributed by atoms with van der Waals surface area (Å²) in [5.41, 5.74) is 0.779. The van der Waals surface area contributed by atoms with Crippen LogP contribution >= 0.6 is 12.4 Å². The van der Waals surface area contributed by atoms with Crippen molar-refractivity contribution in [3.05, 3.63) is 36.1 Å². The molecule has 1 atom stereocenters. The minimum absolute atomic E-state index is 0. The van der Waals surface area contributed by atoms with E-state index in [9.17, 15) is 4.79 Å². The third kappa shape index (κ3) is 3.22. The smallest absolute Gasteiger partial charge is 0.289 e. The van der Waals surface area contributed by atoms with Gasteiger partial charge in [0.25, 0.3) is 5.91 Å². The zero-order valence-corrected chi connectivity index (χ0v) is 13.8. The quantitative estimate of drug-likeness (QED) is 0.911. The summed E-state index contributed by atoms with van der Waals surface area (Å²) in [6.07, 6.45) is 1.22. The van der Waals surface area contributed by atoms with Crippen LogP contribution in [0.2, 0.25) is 0 Å². The van der Waals surface area contributed by atoms with Crippen molar-refractivity contribution < 1.29 is 9.21 Å². The number of nitrogens with zero attached hydrogens (tertiary/aromatic N) is 2. The Morgan fingerprint density at radius 2 is 1.96 bits per heavy atom. The fourth-order valence-electron chi connectivity index (χ4n) is 3.48. The van der Waals surface area contributed by atoms with Gasteiger partial charge in [-0.1, -0.05) is 18.2 Å². The van der Waals surface area contributed by atoms with Crippen LogP contribution in [0, 0.1) is 0 Å². The number of carbonyl (C=O) groups excluding carboxylic acids is 1. The van der Waals surface area contributed by atoms with Crippen molar-refractivity contribution in [3.63, 3.8) is 0 Å². The Bertz CT molecular complexity index is 640. The number of benzene rings is 1. The zero-order chi connectivity index (χ0) is 14.9. The summed E-state index contributed by atoms with van der Waals surface area (Å²) in [5.74, 6) is 0.470. The van der Waals surface area contributed by atoms with Gasteiger partial charge in [-0.3, -0.25) is 9.69 Å². The highest BCUT2D eigenvalue weighted by atomic mass is 35.5. The first-order valence-electron chi connectivity index (χ1n) is 8.04. The van der Waals surface area contributed by atoms with E-state index in [1.54, 1.807) is 0 Å². The molecule has 0 aliphatic carbocycles. The molecule has 1 unspecified atom stereocenters. The number of para-hydroxylation sites is 1. The lowest BCUT2D eigenvalue weighted by atomic mass is 10.2. The summed E-state index contributed by atoms with van der Waals surface area (Å²) in [4.78, 5) is 17.0. The molecule has 2 aliphatic heterocycles. The largest absolute Gasteiger partial charge is 0.451 e. The third-order valence-electron chi connectivity index (χ3n) is 4.79. The fraction of sp³-hybridized carbons (Fsp3) is 0.471. The zero-order valence-electron chi connectivity index (χ0n) is 13.0. The van der Waals surface area contributed by atoms with E-state index in [1.807, 2.05) is 35.2 Å². The lowest BCUT2D eigenvalue weighted by Crippen LogP contribution is -2.52. The van der Waals surface area contributed by atoms with E-state index in [4.69, 9.17) is 4.42 Å². The van der Waals surface area contributed by atoms with Gasteiger partial charge in [-0.25, -0.2) is 0 Å².